The summed E-state index contributed by atoms with van der Waals surface area (Å²) < 4.78 is 5.28. The highest BCUT2D eigenvalue weighted by Crippen LogP contribution is 2.16. The molecule has 6 heteroatoms. The van der Waals surface area contributed by atoms with Crippen molar-refractivity contribution in [2.24, 2.45) is 5.92 Å². The summed E-state index contributed by atoms with van der Waals surface area (Å²) in [5.41, 5.74) is 1.06. The van der Waals surface area contributed by atoms with Gasteiger partial charge in [-0.3, -0.25) is 9.69 Å². The number of rotatable bonds is 7. The van der Waals surface area contributed by atoms with Crippen LogP contribution in [0.5, 0.6) is 0 Å². The van der Waals surface area contributed by atoms with E-state index in [1.54, 1.807) is 0 Å². The van der Waals surface area contributed by atoms with Gasteiger partial charge in [-0.1, -0.05) is 37.3 Å². The summed E-state index contributed by atoms with van der Waals surface area (Å²) in [5, 5.41) is 22.6. The van der Waals surface area contributed by atoms with E-state index in [2.05, 4.69) is 5.32 Å². The van der Waals surface area contributed by atoms with Gasteiger partial charge in [0.25, 0.3) is 0 Å². The second-order valence-corrected chi connectivity index (χ2v) is 5.95. The van der Waals surface area contributed by atoms with Crippen molar-refractivity contribution in [3.63, 3.8) is 0 Å². The van der Waals surface area contributed by atoms with Crippen LogP contribution >= 0.6 is 0 Å². The Morgan fingerprint density at radius 1 is 1.30 bits per heavy atom. The maximum absolute atomic E-state index is 12.1. The number of carbonyl (C=O) groups excluding carboxylic acids is 1. The molecule has 1 amide bonds. The standard InChI is InChI=1S/C17H26N2O4/c1-2-19(9-14-11-23-12-15(20)17(14)22)10-16(21)18-8-13-6-4-3-5-7-13/h3-7,14-15,17,20,22H,2,8-12H2,1H3,(H,18,21)/t14-,15-,17+/m1/s1. The fourth-order valence-corrected chi connectivity index (χ4v) is 2.70. The van der Waals surface area contributed by atoms with Crippen LogP contribution in [0.2, 0.25) is 0 Å². The molecule has 0 bridgehead atoms. The van der Waals surface area contributed by atoms with Gasteiger partial charge in [-0.15, -0.1) is 0 Å². The Morgan fingerprint density at radius 3 is 2.74 bits per heavy atom. The minimum absolute atomic E-state index is 0.0533. The lowest BCUT2D eigenvalue weighted by atomic mass is 9.96. The first-order valence-electron chi connectivity index (χ1n) is 8.07. The molecule has 1 heterocycles. The molecule has 1 saturated heterocycles. The number of nitrogens with zero attached hydrogens (tertiary/aromatic N) is 1. The van der Waals surface area contributed by atoms with Crippen LogP contribution in [-0.2, 0) is 16.1 Å². The average Bonchev–Trinajstić information content (AvgIpc) is 2.57. The molecule has 0 aromatic heterocycles. The van der Waals surface area contributed by atoms with E-state index in [0.717, 1.165) is 5.56 Å². The van der Waals surface area contributed by atoms with E-state index in [-0.39, 0.29) is 25.0 Å². The Bertz CT molecular complexity index is 483. The van der Waals surface area contributed by atoms with E-state index in [1.165, 1.54) is 0 Å². The van der Waals surface area contributed by atoms with Gasteiger partial charge in [0.05, 0.1) is 25.9 Å². The third-order valence-corrected chi connectivity index (χ3v) is 4.14. The maximum atomic E-state index is 12.1. The highest BCUT2D eigenvalue weighted by Gasteiger charge is 2.32. The summed E-state index contributed by atoms with van der Waals surface area (Å²) >= 11 is 0. The van der Waals surface area contributed by atoms with E-state index >= 15 is 0 Å². The first kappa shape index (κ1) is 17.9. The SMILES string of the molecule is CCN(CC(=O)NCc1ccccc1)C[C@@H]1COC[C@@H](O)[C@H]1O. The van der Waals surface area contributed by atoms with Crippen LogP contribution in [0.4, 0.5) is 0 Å². The van der Waals surface area contributed by atoms with Crippen LogP contribution in [0.3, 0.4) is 0 Å². The molecule has 0 radical (unpaired) electrons. The van der Waals surface area contributed by atoms with E-state index < -0.39 is 12.2 Å². The van der Waals surface area contributed by atoms with Crippen LogP contribution in [0.25, 0.3) is 0 Å². The summed E-state index contributed by atoms with van der Waals surface area (Å²) in [6, 6.07) is 9.76. The number of benzene rings is 1. The molecular weight excluding hydrogens is 296 g/mol. The molecule has 0 spiro atoms. The van der Waals surface area contributed by atoms with E-state index in [0.29, 0.717) is 26.2 Å². The Labute approximate surface area is 137 Å². The number of hydrogen-bond acceptors (Lipinski definition) is 5. The van der Waals surface area contributed by atoms with Crippen molar-refractivity contribution in [1.29, 1.82) is 0 Å². The van der Waals surface area contributed by atoms with Crippen LogP contribution in [0.15, 0.2) is 30.3 Å². The number of likely N-dealkylation sites (N-methyl/N-ethyl adjacent to an activating group) is 1. The fraction of sp³-hybridized carbons (Fsp3) is 0.588. The molecule has 3 atom stereocenters. The summed E-state index contributed by atoms with van der Waals surface area (Å²) in [6.07, 6.45) is -1.65. The van der Waals surface area contributed by atoms with Gasteiger partial charge in [0, 0.05) is 19.0 Å². The monoisotopic (exact) mass is 322 g/mol. The first-order chi connectivity index (χ1) is 11.1. The zero-order valence-corrected chi connectivity index (χ0v) is 13.5. The van der Waals surface area contributed by atoms with Gasteiger partial charge in [0.15, 0.2) is 0 Å². The molecule has 0 unspecified atom stereocenters. The molecule has 23 heavy (non-hydrogen) atoms. The van der Waals surface area contributed by atoms with E-state index in [4.69, 9.17) is 4.74 Å². The van der Waals surface area contributed by atoms with Gasteiger partial charge >= 0.3 is 0 Å². The summed E-state index contributed by atoms with van der Waals surface area (Å²) in [6.45, 7) is 4.53. The van der Waals surface area contributed by atoms with Gasteiger partial charge in [0.1, 0.15) is 6.10 Å². The third-order valence-electron chi connectivity index (χ3n) is 4.14. The highest BCUT2D eigenvalue weighted by molar-refractivity contribution is 5.78. The lowest BCUT2D eigenvalue weighted by Crippen LogP contribution is -2.49. The molecule has 2 rings (SSSR count). The van der Waals surface area contributed by atoms with Crippen LogP contribution in [0, 0.1) is 5.92 Å². The number of hydrogen-bond donors (Lipinski definition) is 3. The molecule has 1 aliphatic heterocycles. The minimum atomic E-state index is -0.848. The van der Waals surface area contributed by atoms with Crippen molar-refractivity contribution in [2.75, 3.05) is 32.8 Å². The molecule has 1 aromatic carbocycles. The molecule has 1 aliphatic rings. The van der Waals surface area contributed by atoms with Gasteiger partial charge in [0.2, 0.25) is 5.91 Å². The zero-order valence-electron chi connectivity index (χ0n) is 13.5. The van der Waals surface area contributed by atoms with Crippen molar-refractivity contribution >= 4 is 5.91 Å². The van der Waals surface area contributed by atoms with Crippen LogP contribution in [0.1, 0.15) is 12.5 Å². The van der Waals surface area contributed by atoms with E-state index in [9.17, 15) is 15.0 Å². The molecule has 1 aromatic rings. The second-order valence-electron chi connectivity index (χ2n) is 5.95. The molecule has 3 N–H and O–H groups in total. The molecule has 0 aliphatic carbocycles. The molecule has 1 fully saturated rings. The predicted molar refractivity (Wildman–Crippen MR) is 86.7 cm³/mol. The average molecular weight is 322 g/mol. The zero-order chi connectivity index (χ0) is 16.7. The second kappa shape index (κ2) is 8.98. The number of carbonyl (C=O) groups is 1. The quantitative estimate of drug-likeness (QED) is 0.658. The van der Waals surface area contributed by atoms with Crippen LogP contribution in [-0.4, -0.2) is 66.1 Å². The third kappa shape index (κ3) is 5.58. The number of ether oxygens (including phenoxy) is 1. The number of aliphatic hydroxyl groups is 2. The predicted octanol–water partition coefficient (Wildman–Crippen LogP) is -0.00710. The van der Waals surface area contributed by atoms with Gasteiger partial charge < -0.3 is 20.3 Å². The minimum Gasteiger partial charge on any atom is -0.390 e. The Kier molecular flexibility index (Phi) is 6.98. The first-order valence-corrected chi connectivity index (χ1v) is 8.07. The van der Waals surface area contributed by atoms with Crippen molar-refractivity contribution < 1.29 is 19.7 Å². The van der Waals surface area contributed by atoms with E-state index in [1.807, 2.05) is 42.2 Å². The Balaban J connectivity index is 1.78. The normalized spacial score (nSPS) is 24.6. The van der Waals surface area contributed by atoms with Gasteiger partial charge in [-0.2, -0.15) is 0 Å². The van der Waals surface area contributed by atoms with Crippen molar-refractivity contribution in [1.82, 2.24) is 10.2 Å². The molecular formula is C17H26N2O4. The van der Waals surface area contributed by atoms with Gasteiger partial charge in [-0.05, 0) is 12.1 Å². The lowest BCUT2D eigenvalue weighted by Gasteiger charge is -2.34. The summed E-state index contributed by atoms with van der Waals surface area (Å²) in [7, 11) is 0. The Morgan fingerprint density at radius 2 is 2.04 bits per heavy atom. The number of aliphatic hydroxyl groups excluding tert-OH is 2. The smallest absolute Gasteiger partial charge is 0.234 e. The number of amides is 1. The molecule has 128 valence electrons. The molecule has 6 nitrogen and oxygen atoms in total. The maximum Gasteiger partial charge on any atom is 0.234 e. The fourth-order valence-electron chi connectivity index (χ4n) is 2.70. The number of nitrogens with one attached hydrogen (secondary N) is 1. The topological polar surface area (TPSA) is 82.0 Å². The Hall–Kier alpha value is -1.47. The highest BCUT2D eigenvalue weighted by atomic mass is 16.5. The van der Waals surface area contributed by atoms with Gasteiger partial charge in [-0.25, -0.2) is 0 Å². The summed E-state index contributed by atoms with van der Waals surface area (Å²) in [5.74, 6) is -0.233. The van der Waals surface area contributed by atoms with Crippen LogP contribution < -0.4 is 5.32 Å². The summed E-state index contributed by atoms with van der Waals surface area (Å²) in [4.78, 5) is 14.0. The van der Waals surface area contributed by atoms with Crippen molar-refractivity contribution in [3.05, 3.63) is 35.9 Å². The van der Waals surface area contributed by atoms with Crippen molar-refractivity contribution in [3.8, 4) is 0 Å². The lowest BCUT2D eigenvalue weighted by molar-refractivity contribution is -0.130. The molecule has 0 saturated carbocycles. The van der Waals surface area contributed by atoms with Crippen molar-refractivity contribution in [2.45, 2.75) is 25.7 Å². The largest absolute Gasteiger partial charge is 0.390 e.